The van der Waals surface area contributed by atoms with Crippen LogP contribution in [-0.2, 0) is 4.79 Å². The molecule has 0 bridgehead atoms. The first-order chi connectivity index (χ1) is 16.5. The van der Waals surface area contributed by atoms with Gasteiger partial charge in [0, 0.05) is 22.6 Å². The molecule has 7 nitrogen and oxygen atoms in total. The summed E-state index contributed by atoms with van der Waals surface area (Å²) in [4.78, 5) is 24.3. The molecular formula is C26H23ClN2O5. The van der Waals surface area contributed by atoms with Gasteiger partial charge in [0.25, 0.3) is 5.91 Å². The van der Waals surface area contributed by atoms with E-state index in [1.807, 2.05) is 36.4 Å². The second-order valence-electron chi connectivity index (χ2n) is 7.61. The number of ether oxygens (including phenoxy) is 3. The number of hydrogen-bond acceptors (Lipinski definition) is 6. The minimum absolute atomic E-state index is 0.254. The molecule has 0 aromatic heterocycles. The summed E-state index contributed by atoms with van der Waals surface area (Å²) in [7, 11) is 3.08. The maximum Gasteiger partial charge on any atom is 0.281 e. The average Bonchev–Trinajstić information content (AvgIpc) is 3.33. The molecule has 8 heteroatoms. The number of amides is 1. The van der Waals surface area contributed by atoms with Crippen molar-refractivity contribution < 1.29 is 23.8 Å². The van der Waals surface area contributed by atoms with Gasteiger partial charge in [-0.1, -0.05) is 35.9 Å². The molecule has 0 N–H and O–H groups in total. The van der Waals surface area contributed by atoms with Gasteiger partial charge in [-0.05, 0) is 48.0 Å². The Morgan fingerprint density at radius 1 is 1.06 bits per heavy atom. The molecule has 0 aliphatic carbocycles. The largest absolute Gasteiger partial charge is 0.497 e. The summed E-state index contributed by atoms with van der Waals surface area (Å²) in [6.07, 6.45) is 1.24. The quantitative estimate of drug-likeness (QED) is 0.429. The number of carbonyl (C=O) groups is 2. The van der Waals surface area contributed by atoms with E-state index in [0.29, 0.717) is 40.5 Å². The van der Waals surface area contributed by atoms with Gasteiger partial charge < -0.3 is 14.2 Å². The highest BCUT2D eigenvalue weighted by molar-refractivity contribution is 6.30. The fraction of sp³-hybridized carbons (Fsp3) is 0.192. The third-order valence-electron chi connectivity index (χ3n) is 5.50. The Kier molecular flexibility index (Phi) is 7.13. The molecule has 3 aromatic rings. The molecule has 174 valence electrons. The monoisotopic (exact) mass is 478 g/mol. The van der Waals surface area contributed by atoms with Gasteiger partial charge in [0.1, 0.15) is 12.0 Å². The van der Waals surface area contributed by atoms with E-state index in [4.69, 9.17) is 25.8 Å². The highest BCUT2D eigenvalue weighted by atomic mass is 35.5. The topological polar surface area (TPSA) is 77.4 Å². The van der Waals surface area contributed by atoms with E-state index in [2.05, 4.69) is 5.10 Å². The lowest BCUT2D eigenvalue weighted by atomic mass is 9.98. The van der Waals surface area contributed by atoms with Crippen molar-refractivity contribution in [2.75, 3.05) is 20.8 Å². The summed E-state index contributed by atoms with van der Waals surface area (Å²) in [6, 6.07) is 19.4. The average molecular weight is 479 g/mol. The molecule has 0 saturated heterocycles. The molecule has 0 fully saturated rings. The Labute approximate surface area is 202 Å². The Bertz CT molecular complexity index is 1230. The van der Waals surface area contributed by atoms with Crippen LogP contribution in [0.1, 0.15) is 33.9 Å². The summed E-state index contributed by atoms with van der Waals surface area (Å²) in [5.74, 6) is 1.12. The number of nitrogens with zero attached hydrogens (tertiary/aromatic N) is 2. The molecule has 3 aromatic carbocycles. The van der Waals surface area contributed by atoms with Crippen LogP contribution in [-0.4, -0.2) is 43.7 Å². The maximum atomic E-state index is 13.2. The van der Waals surface area contributed by atoms with Crippen LogP contribution in [0.15, 0.2) is 71.8 Å². The molecule has 34 heavy (non-hydrogen) atoms. The number of hydrazone groups is 1. The first-order valence-electron chi connectivity index (χ1n) is 10.6. The Balaban J connectivity index is 1.59. The first-order valence-corrected chi connectivity index (χ1v) is 11.0. The van der Waals surface area contributed by atoms with Gasteiger partial charge in [0.05, 0.1) is 26.0 Å². The number of benzene rings is 3. The van der Waals surface area contributed by atoms with Gasteiger partial charge in [-0.3, -0.25) is 9.59 Å². The predicted octanol–water partition coefficient (Wildman–Crippen LogP) is 4.93. The molecule has 1 amide bonds. The highest BCUT2D eigenvalue weighted by Gasteiger charge is 2.33. The van der Waals surface area contributed by atoms with Crippen LogP contribution in [0.25, 0.3) is 0 Å². The van der Waals surface area contributed by atoms with Crippen LogP contribution < -0.4 is 14.2 Å². The Morgan fingerprint density at radius 3 is 2.56 bits per heavy atom. The molecule has 1 unspecified atom stereocenters. The van der Waals surface area contributed by atoms with E-state index in [1.54, 1.807) is 37.4 Å². The first kappa shape index (κ1) is 23.3. The summed E-state index contributed by atoms with van der Waals surface area (Å²) < 4.78 is 16.4. The van der Waals surface area contributed by atoms with Gasteiger partial charge in [-0.25, -0.2) is 5.01 Å². The Hall–Kier alpha value is -3.84. The van der Waals surface area contributed by atoms with E-state index in [-0.39, 0.29) is 18.6 Å². The van der Waals surface area contributed by atoms with Crippen molar-refractivity contribution in [2.45, 2.75) is 12.5 Å². The Morgan fingerprint density at radius 2 is 1.85 bits per heavy atom. The van der Waals surface area contributed by atoms with Crippen LogP contribution >= 0.6 is 11.6 Å². The van der Waals surface area contributed by atoms with Gasteiger partial charge in [-0.15, -0.1) is 0 Å². The number of aldehydes is 1. The van der Waals surface area contributed by atoms with E-state index in [9.17, 15) is 9.59 Å². The van der Waals surface area contributed by atoms with Gasteiger partial charge in [-0.2, -0.15) is 5.10 Å². The smallest absolute Gasteiger partial charge is 0.281 e. The normalized spacial score (nSPS) is 15.0. The molecule has 4 rings (SSSR count). The van der Waals surface area contributed by atoms with Gasteiger partial charge in [0.15, 0.2) is 18.1 Å². The predicted molar refractivity (Wildman–Crippen MR) is 129 cm³/mol. The maximum absolute atomic E-state index is 13.2. The van der Waals surface area contributed by atoms with Gasteiger partial charge >= 0.3 is 0 Å². The molecule has 1 aliphatic heterocycles. The molecule has 0 spiro atoms. The molecule has 1 heterocycles. The second kappa shape index (κ2) is 10.4. The summed E-state index contributed by atoms with van der Waals surface area (Å²) in [6.45, 7) is -0.254. The lowest BCUT2D eigenvalue weighted by Gasteiger charge is -2.22. The third kappa shape index (κ3) is 5.05. The van der Waals surface area contributed by atoms with Crippen LogP contribution in [0.2, 0.25) is 5.02 Å². The van der Waals surface area contributed by atoms with Crippen LogP contribution in [0.4, 0.5) is 0 Å². The fourth-order valence-corrected chi connectivity index (χ4v) is 3.87. The molecular weight excluding hydrogens is 456 g/mol. The van der Waals surface area contributed by atoms with E-state index < -0.39 is 0 Å². The molecule has 0 saturated carbocycles. The van der Waals surface area contributed by atoms with Crippen molar-refractivity contribution in [3.05, 3.63) is 88.4 Å². The van der Waals surface area contributed by atoms with Crippen LogP contribution in [0.5, 0.6) is 17.2 Å². The van der Waals surface area contributed by atoms with Crippen molar-refractivity contribution in [1.29, 1.82) is 0 Å². The van der Waals surface area contributed by atoms with E-state index in [1.165, 1.54) is 12.1 Å². The van der Waals surface area contributed by atoms with Crippen molar-refractivity contribution in [1.82, 2.24) is 5.01 Å². The van der Waals surface area contributed by atoms with Crippen LogP contribution in [0, 0.1) is 0 Å². The lowest BCUT2D eigenvalue weighted by molar-refractivity contribution is -0.135. The second-order valence-corrected chi connectivity index (χ2v) is 8.04. The standard InChI is InChI=1S/C26H23ClN2O5/c1-32-21-5-3-4-19(13-21)22-14-23(18-7-9-20(27)10-8-18)29(28-22)26(31)16-34-24-11-6-17(15-30)12-25(24)33-2/h3-13,15,23H,14,16H2,1-2H3. The van der Waals surface area contributed by atoms with Gasteiger partial charge in [0.2, 0.25) is 0 Å². The highest BCUT2D eigenvalue weighted by Crippen LogP contribution is 2.34. The summed E-state index contributed by atoms with van der Waals surface area (Å²) in [5.41, 5.74) is 3.00. The zero-order valence-corrected chi connectivity index (χ0v) is 19.5. The minimum atomic E-state index is -0.320. The number of rotatable bonds is 8. The summed E-state index contributed by atoms with van der Waals surface area (Å²) in [5, 5.41) is 6.71. The molecule has 1 aliphatic rings. The minimum Gasteiger partial charge on any atom is -0.497 e. The fourth-order valence-electron chi connectivity index (χ4n) is 3.74. The third-order valence-corrected chi connectivity index (χ3v) is 5.75. The zero-order valence-electron chi connectivity index (χ0n) is 18.7. The lowest BCUT2D eigenvalue weighted by Crippen LogP contribution is -2.31. The number of carbonyl (C=O) groups excluding carboxylic acids is 2. The van der Waals surface area contributed by atoms with Crippen molar-refractivity contribution in [3.8, 4) is 17.2 Å². The zero-order chi connectivity index (χ0) is 24.1. The number of methoxy groups -OCH3 is 2. The van der Waals surface area contributed by atoms with Crippen LogP contribution in [0.3, 0.4) is 0 Å². The SMILES string of the molecule is COc1cccc(C2=NN(C(=O)COc3ccc(C=O)cc3OC)C(c3ccc(Cl)cc3)C2)c1. The molecule has 0 radical (unpaired) electrons. The van der Waals surface area contributed by atoms with Crippen molar-refractivity contribution in [2.24, 2.45) is 5.10 Å². The molecule has 1 atom stereocenters. The van der Waals surface area contributed by atoms with E-state index >= 15 is 0 Å². The van der Waals surface area contributed by atoms with Crippen molar-refractivity contribution >= 4 is 29.5 Å². The number of hydrogen-bond donors (Lipinski definition) is 0. The summed E-state index contributed by atoms with van der Waals surface area (Å²) >= 11 is 6.07. The van der Waals surface area contributed by atoms with E-state index in [0.717, 1.165) is 16.8 Å². The number of halogens is 1. The van der Waals surface area contributed by atoms with Crippen molar-refractivity contribution in [3.63, 3.8) is 0 Å².